The van der Waals surface area contributed by atoms with Crippen LogP contribution in [0.5, 0.6) is 0 Å². The molecule has 0 unspecified atom stereocenters. The van der Waals surface area contributed by atoms with E-state index in [9.17, 15) is 13.2 Å². The van der Waals surface area contributed by atoms with Crippen LogP contribution in [0.4, 0.5) is 13.2 Å². The summed E-state index contributed by atoms with van der Waals surface area (Å²) in [6.07, 6.45) is 0.504. The summed E-state index contributed by atoms with van der Waals surface area (Å²) in [5, 5.41) is 12.4. The van der Waals surface area contributed by atoms with Gasteiger partial charge in [0.25, 0.3) is 0 Å². The molecule has 152 valence electrons. The van der Waals surface area contributed by atoms with Gasteiger partial charge in [0.1, 0.15) is 0 Å². The van der Waals surface area contributed by atoms with Gasteiger partial charge in [-0.25, -0.2) is 0 Å². The summed E-state index contributed by atoms with van der Waals surface area (Å²) in [5.41, 5.74) is 8.05. The van der Waals surface area contributed by atoms with E-state index in [1.54, 1.807) is 19.5 Å². The zero-order valence-electron chi connectivity index (χ0n) is 15.8. The third-order valence-corrected chi connectivity index (χ3v) is 4.51. The molecular weight excluding hydrogens is 395 g/mol. The van der Waals surface area contributed by atoms with Gasteiger partial charge in [-0.05, 0) is 35.9 Å². The van der Waals surface area contributed by atoms with Crippen LogP contribution in [-0.4, -0.2) is 38.1 Å². The van der Waals surface area contributed by atoms with Crippen LogP contribution in [-0.2, 0) is 12.6 Å². The Morgan fingerprint density at radius 2 is 2.00 bits per heavy atom. The van der Waals surface area contributed by atoms with Gasteiger partial charge in [-0.3, -0.25) is 9.98 Å². The summed E-state index contributed by atoms with van der Waals surface area (Å²) >= 11 is 0. The van der Waals surface area contributed by atoms with Crippen molar-refractivity contribution in [2.45, 2.75) is 12.6 Å². The number of nitrogens with zero attached hydrogens (tertiary/aromatic N) is 6. The number of halogens is 3. The van der Waals surface area contributed by atoms with Gasteiger partial charge >= 0.3 is 6.18 Å². The molecule has 0 saturated heterocycles. The second-order valence-electron chi connectivity index (χ2n) is 6.54. The molecule has 10 heteroatoms. The van der Waals surface area contributed by atoms with E-state index < -0.39 is 11.9 Å². The van der Waals surface area contributed by atoms with Gasteiger partial charge in [0, 0.05) is 48.6 Å². The van der Waals surface area contributed by atoms with Crippen LogP contribution >= 0.6 is 0 Å². The van der Waals surface area contributed by atoms with Crippen molar-refractivity contribution in [1.82, 2.24) is 24.8 Å². The molecule has 1 aromatic carbocycles. The molecule has 0 radical (unpaired) electrons. The molecule has 0 atom stereocenters. The normalized spacial score (nSPS) is 13.0. The van der Waals surface area contributed by atoms with Crippen molar-refractivity contribution in [3.8, 4) is 0 Å². The van der Waals surface area contributed by atoms with Gasteiger partial charge in [-0.2, -0.15) is 22.8 Å². The number of benzene rings is 1. The maximum absolute atomic E-state index is 13.0. The predicted molar refractivity (Wildman–Crippen MR) is 107 cm³/mol. The number of aliphatic imine (C=N–C) groups is 1. The third kappa shape index (κ3) is 3.71. The van der Waals surface area contributed by atoms with Crippen molar-refractivity contribution in [2.24, 2.45) is 10.7 Å². The average Bonchev–Trinajstić information content (AvgIpc) is 3.13. The highest BCUT2D eigenvalue weighted by Gasteiger charge is 2.33. The molecule has 3 aromatic heterocycles. The summed E-state index contributed by atoms with van der Waals surface area (Å²) in [6, 6.07) is 9.65. The number of hydrogen-bond acceptors (Lipinski definition) is 6. The summed E-state index contributed by atoms with van der Waals surface area (Å²) in [6.45, 7) is 0. The van der Waals surface area contributed by atoms with Gasteiger partial charge < -0.3 is 5.73 Å². The minimum atomic E-state index is -4.54. The van der Waals surface area contributed by atoms with Gasteiger partial charge in [0.2, 0.25) is 0 Å². The lowest BCUT2D eigenvalue weighted by Gasteiger charge is -2.07. The van der Waals surface area contributed by atoms with Crippen LogP contribution in [0.25, 0.3) is 22.1 Å². The van der Waals surface area contributed by atoms with Crippen molar-refractivity contribution in [1.29, 1.82) is 0 Å². The monoisotopic (exact) mass is 411 g/mol. The SMILES string of the molecule is CN=CC(=CN)c1cnc2ccc(Cc3nnc4ccc(C(F)(F)F)nn34)cc2c1. The lowest BCUT2D eigenvalue weighted by Crippen LogP contribution is -2.12. The Morgan fingerprint density at radius 1 is 1.17 bits per heavy atom. The van der Waals surface area contributed by atoms with Gasteiger partial charge in [-0.15, -0.1) is 10.2 Å². The fourth-order valence-corrected chi connectivity index (χ4v) is 3.08. The highest BCUT2D eigenvalue weighted by atomic mass is 19.4. The van der Waals surface area contributed by atoms with Gasteiger partial charge in [0.15, 0.2) is 17.2 Å². The molecule has 0 aliphatic carbocycles. The molecule has 0 spiro atoms. The second-order valence-corrected chi connectivity index (χ2v) is 6.54. The standard InChI is InChI=1S/C20H16F3N7/c1-25-10-15(9-24)14-8-13-6-12(2-3-16(13)26-11-14)7-19-28-27-18-5-4-17(20(21,22)23)29-30(18)19/h2-6,8-11H,7,24H2,1H3. The number of allylic oxidation sites excluding steroid dienone is 1. The largest absolute Gasteiger partial charge is 0.435 e. The van der Waals surface area contributed by atoms with E-state index in [0.717, 1.165) is 38.2 Å². The number of pyridine rings is 1. The van der Waals surface area contributed by atoms with E-state index in [1.165, 1.54) is 12.3 Å². The molecular formula is C20H16F3N7. The average molecular weight is 411 g/mol. The summed E-state index contributed by atoms with van der Waals surface area (Å²) in [5.74, 6) is 0.306. The van der Waals surface area contributed by atoms with Crippen molar-refractivity contribution < 1.29 is 13.2 Å². The quantitative estimate of drug-likeness (QED) is 0.520. The molecule has 0 saturated carbocycles. The highest BCUT2D eigenvalue weighted by molar-refractivity contribution is 6.10. The van der Waals surface area contributed by atoms with Crippen LogP contribution in [0.1, 0.15) is 22.6 Å². The van der Waals surface area contributed by atoms with Crippen molar-refractivity contribution in [2.75, 3.05) is 7.05 Å². The van der Waals surface area contributed by atoms with Crippen molar-refractivity contribution in [3.05, 3.63) is 71.4 Å². The van der Waals surface area contributed by atoms with E-state index >= 15 is 0 Å². The number of hydrogen-bond donors (Lipinski definition) is 1. The van der Waals surface area contributed by atoms with E-state index in [0.29, 0.717) is 5.82 Å². The maximum Gasteiger partial charge on any atom is 0.435 e. The first-order valence-electron chi connectivity index (χ1n) is 8.90. The van der Waals surface area contributed by atoms with Gasteiger partial charge in [0.05, 0.1) is 5.52 Å². The van der Waals surface area contributed by atoms with Crippen LogP contribution in [0.15, 0.2) is 53.8 Å². The Bertz CT molecular complexity index is 1290. The zero-order chi connectivity index (χ0) is 21.3. The Hall–Kier alpha value is -3.82. The van der Waals surface area contributed by atoms with Crippen molar-refractivity contribution in [3.63, 3.8) is 0 Å². The molecule has 0 amide bonds. The highest BCUT2D eigenvalue weighted by Crippen LogP contribution is 2.27. The fraction of sp³-hybridized carbons (Fsp3) is 0.150. The fourth-order valence-electron chi connectivity index (χ4n) is 3.08. The number of fused-ring (bicyclic) bond motifs is 2. The Balaban J connectivity index is 1.72. The first-order valence-corrected chi connectivity index (χ1v) is 8.90. The Morgan fingerprint density at radius 3 is 2.73 bits per heavy atom. The van der Waals surface area contributed by atoms with E-state index in [1.807, 2.05) is 24.3 Å². The molecule has 0 fully saturated rings. The molecule has 0 aliphatic rings. The smallest absolute Gasteiger partial charge is 0.404 e. The Kier molecular flexibility index (Phi) is 4.90. The number of alkyl halides is 3. The first kappa shape index (κ1) is 19.5. The number of rotatable bonds is 4. The lowest BCUT2D eigenvalue weighted by molar-refractivity contribution is -0.141. The molecule has 0 bridgehead atoms. The minimum Gasteiger partial charge on any atom is -0.404 e. The number of aromatic nitrogens is 5. The van der Waals surface area contributed by atoms with Crippen LogP contribution in [0, 0.1) is 0 Å². The van der Waals surface area contributed by atoms with E-state index in [4.69, 9.17) is 5.73 Å². The Labute approximate surface area is 168 Å². The summed E-state index contributed by atoms with van der Waals surface area (Å²) in [4.78, 5) is 8.41. The maximum atomic E-state index is 13.0. The third-order valence-electron chi connectivity index (χ3n) is 4.51. The molecule has 4 aromatic rings. The zero-order valence-corrected chi connectivity index (χ0v) is 15.8. The van der Waals surface area contributed by atoms with Crippen LogP contribution < -0.4 is 5.73 Å². The topological polar surface area (TPSA) is 94.3 Å². The minimum absolute atomic E-state index is 0.249. The summed E-state index contributed by atoms with van der Waals surface area (Å²) in [7, 11) is 1.65. The van der Waals surface area contributed by atoms with Crippen LogP contribution in [0.2, 0.25) is 0 Å². The molecule has 2 N–H and O–H groups in total. The molecule has 7 nitrogen and oxygen atoms in total. The molecule has 4 rings (SSSR count). The molecule has 30 heavy (non-hydrogen) atoms. The van der Waals surface area contributed by atoms with E-state index in [2.05, 4.69) is 25.3 Å². The molecule has 0 aliphatic heterocycles. The van der Waals surface area contributed by atoms with Gasteiger partial charge in [-0.1, -0.05) is 6.07 Å². The first-order chi connectivity index (χ1) is 14.4. The van der Waals surface area contributed by atoms with E-state index in [-0.39, 0.29) is 12.1 Å². The van der Waals surface area contributed by atoms with Crippen LogP contribution in [0.3, 0.4) is 0 Å². The molecule has 3 heterocycles. The second kappa shape index (κ2) is 7.54. The lowest BCUT2D eigenvalue weighted by atomic mass is 10.0. The summed E-state index contributed by atoms with van der Waals surface area (Å²) < 4.78 is 40.1. The van der Waals surface area contributed by atoms with Crippen molar-refractivity contribution >= 4 is 28.3 Å². The number of nitrogens with two attached hydrogens (primary N) is 1. The predicted octanol–water partition coefficient (Wildman–Crippen LogP) is 3.28.